The number of hydrogen-bond acceptors (Lipinski definition) is 5. The Morgan fingerprint density at radius 3 is 2.47 bits per heavy atom. The van der Waals surface area contributed by atoms with E-state index in [1.165, 1.54) is 0 Å². The van der Waals surface area contributed by atoms with Crippen molar-refractivity contribution < 1.29 is 9.53 Å². The molecular weight excluding hydrogens is 400 g/mol. The summed E-state index contributed by atoms with van der Waals surface area (Å²) in [5, 5.41) is 8.24. The predicted molar refractivity (Wildman–Crippen MR) is 126 cm³/mol. The molecular formula is C26H30N4O2. The Morgan fingerprint density at radius 2 is 1.75 bits per heavy atom. The van der Waals surface area contributed by atoms with E-state index in [0.717, 1.165) is 48.8 Å². The van der Waals surface area contributed by atoms with Crippen LogP contribution in [0.4, 0.5) is 5.69 Å². The molecule has 0 aliphatic carbocycles. The topological polar surface area (TPSA) is 59.4 Å². The molecule has 166 valence electrons. The minimum atomic E-state index is -0.864. The van der Waals surface area contributed by atoms with Gasteiger partial charge in [0.05, 0.1) is 11.4 Å². The molecule has 1 atom stereocenters. The number of aromatic nitrogens is 2. The highest BCUT2D eigenvalue weighted by Gasteiger charge is 2.55. The van der Waals surface area contributed by atoms with Crippen LogP contribution in [-0.4, -0.2) is 41.9 Å². The van der Waals surface area contributed by atoms with Gasteiger partial charge in [0.15, 0.2) is 0 Å². The lowest BCUT2D eigenvalue weighted by Gasteiger charge is -2.44. The second-order valence-electron chi connectivity index (χ2n) is 9.73. The number of carbonyl (C=O) groups is 1. The number of para-hydroxylation sites is 1. The predicted octanol–water partition coefficient (Wildman–Crippen LogP) is 3.73. The average Bonchev–Trinajstić information content (AvgIpc) is 3.29. The third-order valence-electron chi connectivity index (χ3n) is 6.87. The normalized spacial score (nSPS) is 21.2. The van der Waals surface area contributed by atoms with Crippen LogP contribution in [0, 0.1) is 5.41 Å². The van der Waals surface area contributed by atoms with Crippen LogP contribution >= 0.6 is 0 Å². The van der Waals surface area contributed by atoms with Crippen LogP contribution in [0.25, 0.3) is 5.69 Å². The first-order valence-corrected chi connectivity index (χ1v) is 11.3. The van der Waals surface area contributed by atoms with Gasteiger partial charge < -0.3 is 15.0 Å². The van der Waals surface area contributed by atoms with Crippen molar-refractivity contribution in [3.8, 4) is 11.4 Å². The Morgan fingerprint density at radius 1 is 1.00 bits per heavy atom. The molecule has 32 heavy (non-hydrogen) atoms. The van der Waals surface area contributed by atoms with E-state index in [1.54, 1.807) is 0 Å². The van der Waals surface area contributed by atoms with Gasteiger partial charge in [0, 0.05) is 44.1 Å². The minimum absolute atomic E-state index is 0.228. The largest absolute Gasteiger partial charge is 0.425 e. The molecule has 5 rings (SSSR count). The van der Waals surface area contributed by atoms with Gasteiger partial charge in [-0.3, -0.25) is 4.79 Å². The fourth-order valence-electron chi connectivity index (χ4n) is 4.88. The average molecular weight is 431 g/mol. The number of piperazine rings is 1. The van der Waals surface area contributed by atoms with E-state index >= 15 is 0 Å². The monoisotopic (exact) mass is 430 g/mol. The molecule has 3 heterocycles. The van der Waals surface area contributed by atoms with Crippen LogP contribution in [0.15, 0.2) is 60.8 Å². The summed E-state index contributed by atoms with van der Waals surface area (Å²) < 4.78 is 7.88. The number of ether oxygens (including phenoxy) is 1. The van der Waals surface area contributed by atoms with Crippen molar-refractivity contribution >= 4 is 11.7 Å². The van der Waals surface area contributed by atoms with Gasteiger partial charge in [-0.2, -0.15) is 5.10 Å². The van der Waals surface area contributed by atoms with Crippen molar-refractivity contribution in [1.82, 2.24) is 15.1 Å². The van der Waals surface area contributed by atoms with Gasteiger partial charge in [0.2, 0.25) is 0 Å². The zero-order valence-electron chi connectivity index (χ0n) is 19.0. The smallest absolute Gasteiger partial charge is 0.324 e. The molecule has 2 aromatic carbocycles. The molecule has 1 saturated heterocycles. The molecule has 2 aliphatic heterocycles. The van der Waals surface area contributed by atoms with Crippen LogP contribution < -0.4 is 15.0 Å². The number of esters is 1. The summed E-state index contributed by atoms with van der Waals surface area (Å²) in [5.41, 5.74) is 2.62. The lowest BCUT2D eigenvalue weighted by Crippen LogP contribution is -2.53. The standard InChI is InChI=1S/C26H30N4O2/c1-25(2,3)26(23-11-14-30(28-23)20-7-5-4-6-8-20)18-19-9-10-21(17-22(19)32-24(26)31)29-15-12-27-13-16-29/h4-11,14,17,27H,12-13,15-16,18H2,1-3H3. The number of nitrogens with zero attached hydrogens (tertiary/aromatic N) is 3. The second-order valence-corrected chi connectivity index (χ2v) is 9.73. The molecule has 0 saturated carbocycles. The van der Waals surface area contributed by atoms with Gasteiger partial charge >= 0.3 is 5.97 Å². The fourth-order valence-corrected chi connectivity index (χ4v) is 4.88. The SMILES string of the molecule is CC(C)(C)C1(c2ccn(-c3ccccc3)n2)Cc2ccc(N3CCNCC3)cc2OC1=O. The molecule has 6 heteroatoms. The molecule has 3 aromatic rings. The van der Waals surface area contributed by atoms with Crippen LogP contribution in [-0.2, 0) is 16.6 Å². The lowest BCUT2D eigenvalue weighted by molar-refractivity contribution is -0.147. The van der Waals surface area contributed by atoms with Crippen LogP contribution in [0.3, 0.4) is 0 Å². The molecule has 1 aromatic heterocycles. The van der Waals surface area contributed by atoms with E-state index in [4.69, 9.17) is 9.84 Å². The summed E-state index contributed by atoms with van der Waals surface area (Å²) in [5.74, 6) is 0.446. The van der Waals surface area contributed by atoms with E-state index in [1.807, 2.05) is 53.3 Å². The van der Waals surface area contributed by atoms with Crippen molar-refractivity contribution in [2.24, 2.45) is 5.41 Å². The maximum Gasteiger partial charge on any atom is 0.324 e. The first-order chi connectivity index (χ1) is 15.4. The highest BCUT2D eigenvalue weighted by atomic mass is 16.5. The van der Waals surface area contributed by atoms with E-state index in [0.29, 0.717) is 12.2 Å². The summed E-state index contributed by atoms with van der Waals surface area (Å²) in [4.78, 5) is 16.0. The highest BCUT2D eigenvalue weighted by molar-refractivity contribution is 5.88. The maximum atomic E-state index is 13.7. The van der Waals surface area contributed by atoms with Gasteiger partial charge in [0.1, 0.15) is 11.2 Å². The van der Waals surface area contributed by atoms with Crippen molar-refractivity contribution in [3.63, 3.8) is 0 Å². The molecule has 1 N–H and O–H groups in total. The maximum absolute atomic E-state index is 13.7. The van der Waals surface area contributed by atoms with Gasteiger partial charge in [0.25, 0.3) is 0 Å². The van der Waals surface area contributed by atoms with Crippen molar-refractivity contribution in [2.75, 3.05) is 31.1 Å². The minimum Gasteiger partial charge on any atom is -0.425 e. The second kappa shape index (κ2) is 7.78. The Bertz CT molecular complexity index is 1130. The number of hydrogen-bond donors (Lipinski definition) is 1. The number of benzene rings is 2. The Hall–Kier alpha value is -3.12. The van der Waals surface area contributed by atoms with Crippen molar-refractivity contribution in [1.29, 1.82) is 0 Å². The number of nitrogens with one attached hydrogen (secondary N) is 1. The first kappa shape index (κ1) is 20.8. The molecule has 0 amide bonds. The van der Waals surface area contributed by atoms with Gasteiger partial charge in [-0.05, 0) is 41.7 Å². The molecule has 0 spiro atoms. The molecule has 2 aliphatic rings. The quantitative estimate of drug-likeness (QED) is 0.507. The number of fused-ring (bicyclic) bond motifs is 1. The van der Waals surface area contributed by atoms with E-state index in [9.17, 15) is 4.79 Å². The first-order valence-electron chi connectivity index (χ1n) is 11.3. The van der Waals surface area contributed by atoms with E-state index < -0.39 is 5.41 Å². The summed E-state index contributed by atoms with van der Waals surface area (Å²) in [7, 11) is 0. The van der Waals surface area contributed by atoms with E-state index in [2.05, 4.69) is 43.1 Å². The van der Waals surface area contributed by atoms with Gasteiger partial charge in [-0.25, -0.2) is 4.68 Å². The number of rotatable bonds is 3. The van der Waals surface area contributed by atoms with Crippen molar-refractivity contribution in [3.05, 3.63) is 72.1 Å². The molecule has 0 bridgehead atoms. The lowest BCUT2D eigenvalue weighted by atomic mass is 9.61. The van der Waals surface area contributed by atoms with Gasteiger partial charge in [-0.1, -0.05) is 45.0 Å². The molecule has 0 radical (unpaired) electrons. The summed E-state index contributed by atoms with van der Waals surface area (Å²) in [6.07, 6.45) is 2.49. The van der Waals surface area contributed by atoms with Crippen molar-refractivity contribution in [2.45, 2.75) is 32.6 Å². The summed E-state index contributed by atoms with van der Waals surface area (Å²) in [6, 6.07) is 18.2. The van der Waals surface area contributed by atoms with Crippen LogP contribution in [0.2, 0.25) is 0 Å². The van der Waals surface area contributed by atoms with Gasteiger partial charge in [-0.15, -0.1) is 0 Å². The zero-order valence-corrected chi connectivity index (χ0v) is 19.0. The Labute approximate surface area is 189 Å². The molecule has 1 unspecified atom stereocenters. The molecule has 1 fully saturated rings. The number of carbonyl (C=O) groups excluding carboxylic acids is 1. The number of anilines is 1. The van der Waals surface area contributed by atoms with Crippen LogP contribution in [0.1, 0.15) is 32.0 Å². The zero-order chi connectivity index (χ0) is 22.3. The Kier molecular flexibility index (Phi) is 5.05. The third-order valence-corrected chi connectivity index (χ3v) is 6.87. The molecule has 6 nitrogen and oxygen atoms in total. The van der Waals surface area contributed by atoms with Crippen LogP contribution in [0.5, 0.6) is 5.75 Å². The Balaban J connectivity index is 1.53. The third kappa shape index (κ3) is 3.39. The highest BCUT2D eigenvalue weighted by Crippen LogP contribution is 2.49. The summed E-state index contributed by atoms with van der Waals surface area (Å²) >= 11 is 0. The van der Waals surface area contributed by atoms with E-state index in [-0.39, 0.29) is 11.4 Å². The fraction of sp³-hybridized carbons (Fsp3) is 0.385. The summed E-state index contributed by atoms with van der Waals surface area (Å²) in [6.45, 7) is 10.1.